The standard InChI is InChI=1S/C17H34N2/c1-5-7-17(8-10-18-11-9-17)14-19-12-6-15(13-19)16(2,3)4/h15,18H,5-14H2,1-4H3. The zero-order valence-electron chi connectivity index (χ0n) is 13.6. The van der Waals surface area contributed by atoms with Crippen LogP contribution in [0.2, 0.25) is 0 Å². The first-order valence-corrected chi connectivity index (χ1v) is 8.38. The van der Waals surface area contributed by atoms with Crippen molar-refractivity contribution in [3.05, 3.63) is 0 Å². The fourth-order valence-electron chi connectivity index (χ4n) is 4.13. The lowest BCUT2D eigenvalue weighted by atomic mass is 9.75. The maximum absolute atomic E-state index is 3.54. The summed E-state index contributed by atoms with van der Waals surface area (Å²) in [6.45, 7) is 16.1. The molecule has 0 aromatic carbocycles. The Balaban J connectivity index is 1.92. The third-order valence-corrected chi connectivity index (χ3v) is 5.50. The Morgan fingerprint density at radius 1 is 1.21 bits per heavy atom. The van der Waals surface area contributed by atoms with Gasteiger partial charge in [-0.25, -0.2) is 0 Å². The molecule has 0 radical (unpaired) electrons. The maximum Gasteiger partial charge on any atom is 0.00390 e. The van der Waals surface area contributed by atoms with Gasteiger partial charge in [0.2, 0.25) is 0 Å². The van der Waals surface area contributed by atoms with Gasteiger partial charge in [-0.15, -0.1) is 0 Å². The predicted octanol–water partition coefficient (Wildman–Crippen LogP) is 3.52. The minimum atomic E-state index is 0.487. The van der Waals surface area contributed by atoms with E-state index in [0.29, 0.717) is 10.8 Å². The summed E-state index contributed by atoms with van der Waals surface area (Å²) < 4.78 is 0. The first-order chi connectivity index (χ1) is 8.95. The van der Waals surface area contributed by atoms with Crippen LogP contribution in [0.3, 0.4) is 0 Å². The van der Waals surface area contributed by atoms with Gasteiger partial charge in [0.25, 0.3) is 0 Å². The van der Waals surface area contributed by atoms with Gasteiger partial charge in [0.05, 0.1) is 0 Å². The molecule has 0 spiro atoms. The first-order valence-electron chi connectivity index (χ1n) is 8.38. The highest BCUT2D eigenvalue weighted by atomic mass is 15.2. The second-order valence-corrected chi connectivity index (χ2v) is 8.09. The maximum atomic E-state index is 3.54. The lowest BCUT2D eigenvalue weighted by molar-refractivity contribution is 0.107. The van der Waals surface area contributed by atoms with Gasteiger partial charge in [0.15, 0.2) is 0 Å². The van der Waals surface area contributed by atoms with Crippen LogP contribution < -0.4 is 5.32 Å². The summed E-state index contributed by atoms with van der Waals surface area (Å²) in [6, 6.07) is 0. The Morgan fingerprint density at radius 3 is 2.42 bits per heavy atom. The summed E-state index contributed by atoms with van der Waals surface area (Å²) in [7, 11) is 0. The van der Waals surface area contributed by atoms with E-state index in [2.05, 4.69) is 37.9 Å². The molecule has 112 valence electrons. The number of piperidine rings is 1. The van der Waals surface area contributed by atoms with Gasteiger partial charge in [-0.2, -0.15) is 0 Å². The monoisotopic (exact) mass is 266 g/mol. The summed E-state index contributed by atoms with van der Waals surface area (Å²) >= 11 is 0. The Bertz CT molecular complexity index is 268. The molecule has 1 atom stereocenters. The van der Waals surface area contributed by atoms with Crippen molar-refractivity contribution >= 4 is 0 Å². The van der Waals surface area contributed by atoms with E-state index in [4.69, 9.17) is 0 Å². The first kappa shape index (κ1) is 15.3. The van der Waals surface area contributed by atoms with Gasteiger partial charge in [0, 0.05) is 13.1 Å². The highest BCUT2D eigenvalue weighted by molar-refractivity contribution is 4.91. The lowest BCUT2D eigenvalue weighted by Gasteiger charge is -2.41. The molecule has 19 heavy (non-hydrogen) atoms. The molecule has 2 saturated heterocycles. The molecule has 1 unspecified atom stereocenters. The molecule has 2 aliphatic rings. The zero-order valence-corrected chi connectivity index (χ0v) is 13.6. The number of rotatable bonds is 4. The summed E-state index contributed by atoms with van der Waals surface area (Å²) in [5, 5.41) is 3.54. The second kappa shape index (κ2) is 6.13. The molecular formula is C17H34N2. The number of hydrogen-bond acceptors (Lipinski definition) is 2. The molecule has 0 aliphatic carbocycles. The van der Waals surface area contributed by atoms with Crippen molar-refractivity contribution in [1.29, 1.82) is 0 Å². The van der Waals surface area contributed by atoms with Gasteiger partial charge >= 0.3 is 0 Å². The minimum absolute atomic E-state index is 0.487. The highest BCUT2D eigenvalue weighted by Gasteiger charge is 2.37. The van der Waals surface area contributed by atoms with Crippen LogP contribution >= 0.6 is 0 Å². The molecule has 2 heteroatoms. The molecule has 2 nitrogen and oxygen atoms in total. The van der Waals surface area contributed by atoms with Crippen molar-refractivity contribution in [2.24, 2.45) is 16.7 Å². The predicted molar refractivity (Wildman–Crippen MR) is 83.4 cm³/mol. The van der Waals surface area contributed by atoms with E-state index in [-0.39, 0.29) is 0 Å². The van der Waals surface area contributed by atoms with Gasteiger partial charge in [-0.1, -0.05) is 34.1 Å². The molecule has 0 bridgehead atoms. The highest BCUT2D eigenvalue weighted by Crippen LogP contribution is 2.39. The van der Waals surface area contributed by atoms with E-state index >= 15 is 0 Å². The molecule has 2 heterocycles. The Hall–Kier alpha value is -0.0800. The largest absolute Gasteiger partial charge is 0.317 e. The summed E-state index contributed by atoms with van der Waals surface area (Å²) in [5.41, 5.74) is 1.10. The van der Waals surface area contributed by atoms with E-state index < -0.39 is 0 Å². The van der Waals surface area contributed by atoms with Crippen LogP contribution in [0.25, 0.3) is 0 Å². The summed E-state index contributed by atoms with van der Waals surface area (Å²) in [4.78, 5) is 2.77. The molecule has 0 aromatic heterocycles. The topological polar surface area (TPSA) is 15.3 Å². The Morgan fingerprint density at radius 2 is 1.89 bits per heavy atom. The van der Waals surface area contributed by atoms with Crippen molar-refractivity contribution in [2.45, 2.75) is 59.8 Å². The molecule has 0 amide bonds. The van der Waals surface area contributed by atoms with Crippen LogP contribution in [0.15, 0.2) is 0 Å². The second-order valence-electron chi connectivity index (χ2n) is 8.09. The number of nitrogens with one attached hydrogen (secondary N) is 1. The number of hydrogen-bond donors (Lipinski definition) is 1. The van der Waals surface area contributed by atoms with E-state index in [1.807, 2.05) is 0 Å². The van der Waals surface area contributed by atoms with Crippen molar-refractivity contribution < 1.29 is 0 Å². The summed E-state index contributed by atoms with van der Waals surface area (Å²) in [5.74, 6) is 0.896. The third-order valence-electron chi connectivity index (χ3n) is 5.50. The van der Waals surface area contributed by atoms with Crippen LogP contribution in [0.4, 0.5) is 0 Å². The molecular weight excluding hydrogens is 232 g/mol. The van der Waals surface area contributed by atoms with Gasteiger partial charge < -0.3 is 10.2 Å². The van der Waals surface area contributed by atoms with Crippen LogP contribution in [0.5, 0.6) is 0 Å². The van der Waals surface area contributed by atoms with E-state index in [1.165, 1.54) is 64.8 Å². The van der Waals surface area contributed by atoms with E-state index in [1.54, 1.807) is 0 Å². The van der Waals surface area contributed by atoms with E-state index in [9.17, 15) is 0 Å². The van der Waals surface area contributed by atoms with Crippen LogP contribution in [-0.2, 0) is 0 Å². The Labute approximate surface area is 120 Å². The third kappa shape index (κ3) is 3.95. The normalized spacial score (nSPS) is 28.7. The van der Waals surface area contributed by atoms with Gasteiger partial charge in [0.1, 0.15) is 0 Å². The van der Waals surface area contributed by atoms with Crippen molar-refractivity contribution in [2.75, 3.05) is 32.7 Å². The fraction of sp³-hybridized carbons (Fsp3) is 1.00. The lowest BCUT2D eigenvalue weighted by Crippen LogP contribution is -2.44. The van der Waals surface area contributed by atoms with Crippen molar-refractivity contribution in [3.63, 3.8) is 0 Å². The average molecular weight is 266 g/mol. The molecule has 2 fully saturated rings. The molecule has 2 aliphatic heterocycles. The van der Waals surface area contributed by atoms with Crippen LogP contribution in [0.1, 0.15) is 59.8 Å². The number of nitrogens with zero attached hydrogens (tertiary/aromatic N) is 1. The average Bonchev–Trinajstić information content (AvgIpc) is 2.78. The summed E-state index contributed by atoms with van der Waals surface area (Å²) in [6.07, 6.45) is 6.95. The smallest absolute Gasteiger partial charge is 0.00390 e. The fourth-order valence-corrected chi connectivity index (χ4v) is 4.13. The van der Waals surface area contributed by atoms with E-state index in [0.717, 1.165) is 5.92 Å². The quantitative estimate of drug-likeness (QED) is 0.837. The van der Waals surface area contributed by atoms with Gasteiger partial charge in [-0.05, 0) is 62.1 Å². The minimum Gasteiger partial charge on any atom is -0.317 e. The van der Waals surface area contributed by atoms with Gasteiger partial charge in [-0.3, -0.25) is 0 Å². The van der Waals surface area contributed by atoms with Crippen molar-refractivity contribution in [1.82, 2.24) is 10.2 Å². The zero-order chi connectivity index (χ0) is 13.9. The van der Waals surface area contributed by atoms with Crippen molar-refractivity contribution in [3.8, 4) is 0 Å². The van der Waals surface area contributed by atoms with Crippen LogP contribution in [0, 0.1) is 16.7 Å². The van der Waals surface area contributed by atoms with Crippen LogP contribution in [-0.4, -0.2) is 37.6 Å². The Kier molecular flexibility index (Phi) is 4.94. The SMILES string of the molecule is CCCC1(CN2CCC(C(C)(C)C)C2)CCNCC1. The molecule has 2 rings (SSSR count). The number of likely N-dealkylation sites (tertiary alicyclic amines) is 1. The molecule has 0 aromatic rings. The molecule has 1 N–H and O–H groups in total. The molecule has 0 saturated carbocycles.